The van der Waals surface area contributed by atoms with Crippen LogP contribution in [-0.2, 0) is 9.47 Å². The van der Waals surface area contributed by atoms with E-state index in [9.17, 15) is 5.11 Å². The van der Waals surface area contributed by atoms with Gasteiger partial charge < -0.3 is 19.7 Å². The van der Waals surface area contributed by atoms with Crippen molar-refractivity contribution in [2.75, 3.05) is 13.7 Å². The Morgan fingerprint density at radius 3 is 2.55 bits per heavy atom. The lowest BCUT2D eigenvalue weighted by molar-refractivity contribution is -0.0144. The fraction of sp³-hybridized carbons (Fsp3) is 1.00. The minimum atomic E-state index is -0.785. The maximum Gasteiger partial charge on any atom is 0.129 e. The van der Waals surface area contributed by atoms with Gasteiger partial charge in [0, 0.05) is 7.11 Å². The largest absolute Gasteiger partial charge is 0.394 e. The highest BCUT2D eigenvalue weighted by Crippen LogP contribution is 2.25. The van der Waals surface area contributed by atoms with E-state index in [2.05, 4.69) is 12.6 Å². The minimum absolute atomic E-state index is 0.210. The van der Waals surface area contributed by atoms with Gasteiger partial charge in [-0.25, -0.2) is 0 Å². The molecule has 4 atom stereocenters. The maximum absolute atomic E-state index is 9.36. The van der Waals surface area contributed by atoms with Crippen LogP contribution in [0.3, 0.4) is 0 Å². The highest BCUT2D eigenvalue weighted by atomic mass is 32.1. The molecule has 1 saturated heterocycles. The van der Waals surface area contributed by atoms with Crippen LogP contribution in [-0.4, -0.2) is 47.7 Å². The average molecular weight is 180 g/mol. The normalized spacial score (nSPS) is 44.7. The summed E-state index contributed by atoms with van der Waals surface area (Å²) in [6, 6.07) is 0. The number of aliphatic hydroxyl groups is 2. The van der Waals surface area contributed by atoms with Crippen LogP contribution < -0.4 is 0 Å². The van der Waals surface area contributed by atoms with Crippen LogP contribution in [0.15, 0.2) is 0 Å². The molecule has 1 aliphatic rings. The van der Waals surface area contributed by atoms with Crippen molar-refractivity contribution in [2.45, 2.75) is 23.7 Å². The zero-order valence-electron chi connectivity index (χ0n) is 6.17. The van der Waals surface area contributed by atoms with E-state index in [1.54, 1.807) is 0 Å². The molecule has 1 aliphatic heterocycles. The van der Waals surface area contributed by atoms with Crippen molar-refractivity contribution in [1.82, 2.24) is 0 Å². The van der Waals surface area contributed by atoms with Crippen LogP contribution in [0.5, 0.6) is 0 Å². The molecule has 0 spiro atoms. The number of rotatable bonds is 2. The van der Waals surface area contributed by atoms with Gasteiger partial charge in [-0.15, -0.1) is 12.6 Å². The molecule has 0 saturated carbocycles. The molecule has 1 rings (SSSR count). The molecule has 0 aromatic rings. The van der Waals surface area contributed by atoms with Crippen LogP contribution in [0.4, 0.5) is 0 Å². The van der Waals surface area contributed by atoms with E-state index in [0.717, 1.165) is 0 Å². The highest BCUT2D eigenvalue weighted by molar-refractivity contribution is 7.80. The average Bonchev–Trinajstić information content (AvgIpc) is 2.26. The van der Waals surface area contributed by atoms with Crippen molar-refractivity contribution in [2.24, 2.45) is 0 Å². The van der Waals surface area contributed by atoms with Gasteiger partial charge in [0.15, 0.2) is 0 Å². The molecule has 5 heteroatoms. The molecule has 0 aliphatic carbocycles. The second-order valence-electron chi connectivity index (χ2n) is 2.44. The van der Waals surface area contributed by atoms with E-state index in [1.807, 2.05) is 0 Å². The summed E-state index contributed by atoms with van der Waals surface area (Å²) in [5, 5.41) is 18.1. The molecule has 1 heterocycles. The summed E-state index contributed by atoms with van der Waals surface area (Å²) in [7, 11) is 1.47. The molecule has 0 amide bonds. The standard InChI is InChI=1S/C6H12O4S/c1-9-5-4(8)3(2-7)10-6(5)11/h3-8,11H,2H2,1H3. The van der Waals surface area contributed by atoms with Gasteiger partial charge in [0.1, 0.15) is 23.7 Å². The lowest BCUT2D eigenvalue weighted by atomic mass is 10.1. The van der Waals surface area contributed by atoms with Crippen LogP contribution in [0.2, 0.25) is 0 Å². The summed E-state index contributed by atoms with van der Waals surface area (Å²) < 4.78 is 9.97. The molecule has 66 valence electrons. The van der Waals surface area contributed by atoms with Gasteiger partial charge in [-0.1, -0.05) is 0 Å². The van der Waals surface area contributed by atoms with Gasteiger partial charge in [0.2, 0.25) is 0 Å². The lowest BCUT2D eigenvalue weighted by Gasteiger charge is -2.14. The summed E-state index contributed by atoms with van der Waals surface area (Å²) in [6.07, 6.45) is -1.80. The Balaban J connectivity index is 2.55. The minimum Gasteiger partial charge on any atom is -0.394 e. The van der Waals surface area contributed by atoms with E-state index in [-0.39, 0.29) is 6.61 Å². The first-order valence-corrected chi connectivity index (χ1v) is 3.87. The van der Waals surface area contributed by atoms with Crippen molar-refractivity contribution in [3.63, 3.8) is 0 Å². The summed E-state index contributed by atoms with van der Waals surface area (Å²) in [4.78, 5) is 0. The first-order chi connectivity index (χ1) is 5.20. The third-order valence-electron chi connectivity index (χ3n) is 1.76. The van der Waals surface area contributed by atoms with E-state index >= 15 is 0 Å². The second-order valence-corrected chi connectivity index (χ2v) is 2.95. The Bertz CT molecular complexity index is 132. The molecular formula is C6H12O4S. The third kappa shape index (κ3) is 1.68. The van der Waals surface area contributed by atoms with Crippen LogP contribution in [0.1, 0.15) is 0 Å². The molecule has 0 radical (unpaired) electrons. The molecular weight excluding hydrogens is 168 g/mol. The molecule has 1 fully saturated rings. The fourth-order valence-corrected chi connectivity index (χ4v) is 1.58. The van der Waals surface area contributed by atoms with Gasteiger partial charge in [-0.05, 0) is 0 Å². The fourth-order valence-electron chi connectivity index (χ4n) is 1.12. The molecule has 2 N–H and O–H groups in total. The summed E-state index contributed by atoms with van der Waals surface area (Å²) >= 11 is 4.02. The zero-order chi connectivity index (χ0) is 8.43. The lowest BCUT2D eigenvalue weighted by Crippen LogP contribution is -2.34. The zero-order valence-corrected chi connectivity index (χ0v) is 7.07. The van der Waals surface area contributed by atoms with Crippen molar-refractivity contribution >= 4 is 12.6 Å². The molecule has 4 nitrogen and oxygen atoms in total. The monoisotopic (exact) mass is 180 g/mol. The van der Waals surface area contributed by atoms with E-state index in [4.69, 9.17) is 14.6 Å². The van der Waals surface area contributed by atoms with Gasteiger partial charge in [0.25, 0.3) is 0 Å². The highest BCUT2D eigenvalue weighted by Gasteiger charge is 2.41. The summed E-state index contributed by atoms with van der Waals surface area (Å²) in [5.74, 6) is 0. The summed E-state index contributed by atoms with van der Waals surface area (Å²) in [6.45, 7) is -0.210. The van der Waals surface area contributed by atoms with Gasteiger partial charge in [-0.3, -0.25) is 0 Å². The second kappa shape index (κ2) is 3.73. The van der Waals surface area contributed by atoms with Crippen molar-refractivity contribution in [3.8, 4) is 0 Å². The predicted octanol–water partition coefficient (Wildman–Crippen LogP) is -0.991. The van der Waals surface area contributed by atoms with Gasteiger partial charge in [-0.2, -0.15) is 0 Å². The Morgan fingerprint density at radius 2 is 2.27 bits per heavy atom. The van der Waals surface area contributed by atoms with Crippen LogP contribution >= 0.6 is 12.6 Å². The number of thiol groups is 1. The number of aliphatic hydroxyl groups excluding tert-OH is 2. The number of hydrogen-bond acceptors (Lipinski definition) is 5. The maximum atomic E-state index is 9.36. The van der Waals surface area contributed by atoms with Crippen molar-refractivity contribution in [1.29, 1.82) is 0 Å². The quantitative estimate of drug-likeness (QED) is 0.478. The van der Waals surface area contributed by atoms with Crippen LogP contribution in [0, 0.1) is 0 Å². The van der Waals surface area contributed by atoms with Crippen molar-refractivity contribution in [3.05, 3.63) is 0 Å². The van der Waals surface area contributed by atoms with E-state index < -0.39 is 23.7 Å². The molecule has 0 bridgehead atoms. The first kappa shape index (κ1) is 9.28. The Hall–Kier alpha value is 0.190. The summed E-state index contributed by atoms with van der Waals surface area (Å²) in [5.41, 5.74) is -0.452. The number of ether oxygens (including phenoxy) is 2. The van der Waals surface area contributed by atoms with Crippen LogP contribution in [0.25, 0.3) is 0 Å². The van der Waals surface area contributed by atoms with E-state index in [1.165, 1.54) is 7.11 Å². The van der Waals surface area contributed by atoms with E-state index in [0.29, 0.717) is 0 Å². The van der Waals surface area contributed by atoms with Crippen molar-refractivity contribution < 1.29 is 19.7 Å². The smallest absolute Gasteiger partial charge is 0.129 e. The molecule has 0 aromatic carbocycles. The predicted molar refractivity (Wildman–Crippen MR) is 41.5 cm³/mol. The molecule has 0 aromatic heterocycles. The molecule has 4 unspecified atom stereocenters. The Morgan fingerprint density at radius 1 is 1.64 bits per heavy atom. The third-order valence-corrected chi connectivity index (χ3v) is 2.18. The SMILES string of the molecule is COC1C(S)OC(CO)C1O. The van der Waals surface area contributed by atoms with Gasteiger partial charge in [0.05, 0.1) is 6.61 Å². The Kier molecular flexibility index (Phi) is 3.15. The number of methoxy groups -OCH3 is 1. The Labute approximate surface area is 70.5 Å². The number of hydrogen-bond donors (Lipinski definition) is 3. The first-order valence-electron chi connectivity index (χ1n) is 3.36. The topological polar surface area (TPSA) is 58.9 Å². The van der Waals surface area contributed by atoms with Gasteiger partial charge >= 0.3 is 0 Å². The molecule has 11 heavy (non-hydrogen) atoms.